The monoisotopic (exact) mass is 408 g/mol. The number of benzene rings is 2. The second kappa shape index (κ2) is 9.75. The Morgan fingerprint density at radius 1 is 1.25 bits per heavy atom. The van der Waals surface area contributed by atoms with Gasteiger partial charge in [0.2, 0.25) is 0 Å². The number of fused-ring (bicyclic) bond motifs is 1. The molecule has 2 aromatic rings. The predicted molar refractivity (Wildman–Crippen MR) is 110 cm³/mol. The summed E-state index contributed by atoms with van der Waals surface area (Å²) in [4.78, 5) is 12.6. The summed E-state index contributed by atoms with van der Waals surface area (Å²) in [6.07, 6.45) is 0.612. The minimum absolute atomic E-state index is 0. The number of rotatable bonds is 6. The molecule has 0 bridgehead atoms. The van der Waals surface area contributed by atoms with E-state index >= 15 is 0 Å². The van der Waals surface area contributed by atoms with Crippen molar-refractivity contribution >= 4 is 24.0 Å². The van der Waals surface area contributed by atoms with E-state index < -0.39 is 5.91 Å². The van der Waals surface area contributed by atoms with Crippen LogP contribution in [0.2, 0.25) is 0 Å². The van der Waals surface area contributed by atoms with E-state index in [0.29, 0.717) is 48.1 Å². The lowest BCUT2D eigenvalue weighted by atomic mass is 9.99. The van der Waals surface area contributed by atoms with Crippen molar-refractivity contribution in [3.8, 4) is 11.5 Å². The van der Waals surface area contributed by atoms with E-state index in [1.807, 2.05) is 6.07 Å². The summed E-state index contributed by atoms with van der Waals surface area (Å²) in [5, 5.41) is 5.88. The number of hydrogen-bond acceptors (Lipinski definition) is 4. The predicted octanol–water partition coefficient (Wildman–Crippen LogP) is 4.19. The molecular weight excluding hydrogens is 383 g/mol. The Hall–Kier alpha value is -2.31. The Morgan fingerprint density at radius 2 is 2.04 bits per heavy atom. The van der Waals surface area contributed by atoms with E-state index in [-0.39, 0.29) is 23.9 Å². The Labute approximate surface area is 171 Å². The average Bonchev–Trinajstić information content (AvgIpc) is 2.68. The fraction of sp³-hybridized carbons (Fsp3) is 0.381. The number of hydrogen-bond donors (Lipinski definition) is 2. The highest BCUT2D eigenvalue weighted by Gasteiger charge is 2.19. The van der Waals surface area contributed by atoms with Crippen LogP contribution >= 0.6 is 12.4 Å². The van der Waals surface area contributed by atoms with Crippen molar-refractivity contribution in [2.75, 3.05) is 25.6 Å². The first-order valence-electron chi connectivity index (χ1n) is 9.12. The van der Waals surface area contributed by atoms with Crippen LogP contribution in [0, 0.1) is 11.7 Å². The van der Waals surface area contributed by atoms with E-state index in [1.165, 1.54) is 7.11 Å². The Bertz CT molecular complexity index is 843. The summed E-state index contributed by atoms with van der Waals surface area (Å²) in [5.41, 5.74) is 2.17. The van der Waals surface area contributed by atoms with Gasteiger partial charge in [-0.15, -0.1) is 12.4 Å². The maximum atomic E-state index is 14.7. The molecular formula is C21H26ClFN2O3. The van der Waals surface area contributed by atoms with Gasteiger partial charge >= 0.3 is 0 Å². The molecule has 0 unspecified atom stereocenters. The van der Waals surface area contributed by atoms with Gasteiger partial charge in [-0.3, -0.25) is 4.79 Å². The third kappa shape index (κ3) is 4.94. The van der Waals surface area contributed by atoms with Crippen LogP contribution < -0.4 is 20.1 Å². The molecule has 1 aliphatic heterocycles. The second-order valence-corrected chi connectivity index (χ2v) is 7.02. The van der Waals surface area contributed by atoms with Gasteiger partial charge in [-0.05, 0) is 54.3 Å². The van der Waals surface area contributed by atoms with Gasteiger partial charge in [0, 0.05) is 12.1 Å². The molecule has 5 nitrogen and oxygen atoms in total. The van der Waals surface area contributed by atoms with Gasteiger partial charge in [-0.1, -0.05) is 19.9 Å². The molecule has 0 saturated heterocycles. The van der Waals surface area contributed by atoms with Crippen LogP contribution in [0.25, 0.3) is 0 Å². The molecule has 0 spiro atoms. The molecule has 0 aliphatic carbocycles. The Kier molecular flexibility index (Phi) is 7.66. The fourth-order valence-electron chi connectivity index (χ4n) is 3.01. The van der Waals surface area contributed by atoms with Crippen LogP contribution in [-0.4, -0.2) is 26.2 Å². The number of carbonyl (C=O) groups is 1. The van der Waals surface area contributed by atoms with Crippen molar-refractivity contribution in [1.29, 1.82) is 0 Å². The molecule has 0 atom stereocenters. The summed E-state index contributed by atoms with van der Waals surface area (Å²) in [6.45, 7) is 6.04. The van der Waals surface area contributed by atoms with Gasteiger partial charge in [0.05, 0.1) is 19.4 Å². The maximum absolute atomic E-state index is 14.7. The third-order valence-electron chi connectivity index (χ3n) is 4.45. The number of ether oxygens (including phenoxy) is 2. The van der Waals surface area contributed by atoms with Crippen LogP contribution in [0.5, 0.6) is 11.5 Å². The molecule has 0 aromatic heterocycles. The smallest absolute Gasteiger partial charge is 0.255 e. The molecule has 0 saturated carbocycles. The zero-order valence-corrected chi connectivity index (χ0v) is 17.1. The lowest BCUT2D eigenvalue weighted by Crippen LogP contribution is -2.25. The molecule has 1 heterocycles. The molecule has 1 amide bonds. The summed E-state index contributed by atoms with van der Waals surface area (Å²) in [7, 11) is 1.52. The molecule has 2 N–H and O–H groups in total. The van der Waals surface area contributed by atoms with Crippen molar-refractivity contribution in [3.05, 3.63) is 52.8 Å². The second-order valence-electron chi connectivity index (χ2n) is 7.02. The number of nitrogens with one attached hydrogen (secondary N) is 2. The number of amides is 1. The molecule has 1 aliphatic rings. The third-order valence-corrected chi connectivity index (χ3v) is 4.45. The molecule has 0 fully saturated rings. The van der Waals surface area contributed by atoms with Crippen molar-refractivity contribution in [3.63, 3.8) is 0 Å². The highest BCUT2D eigenvalue weighted by molar-refractivity contribution is 6.04. The molecule has 7 heteroatoms. The minimum Gasteiger partial charge on any atom is -0.493 e. The standard InChI is InChI=1S/C21H25FN2O3.ClH/c1-13(2)12-27-18-7-5-14(10-19(18)26-3)21(25)24-17-6-4-15-11-23-9-8-16(15)20(17)22;/h4-7,10,13,23H,8-9,11-12H2,1-3H3,(H,24,25);1H. The normalized spacial score (nSPS) is 12.8. The lowest BCUT2D eigenvalue weighted by molar-refractivity contribution is 0.102. The van der Waals surface area contributed by atoms with E-state index in [1.54, 1.807) is 24.3 Å². The molecule has 0 radical (unpaired) electrons. The van der Waals surface area contributed by atoms with Crippen molar-refractivity contribution in [1.82, 2.24) is 5.32 Å². The topological polar surface area (TPSA) is 59.6 Å². The highest BCUT2D eigenvalue weighted by atomic mass is 35.5. The first-order chi connectivity index (χ1) is 13.0. The van der Waals surface area contributed by atoms with Crippen LogP contribution in [0.3, 0.4) is 0 Å². The summed E-state index contributed by atoms with van der Waals surface area (Å²) in [5.74, 6) is 0.679. The zero-order chi connectivity index (χ0) is 19.4. The van der Waals surface area contributed by atoms with Gasteiger partial charge in [0.25, 0.3) is 5.91 Å². The summed E-state index contributed by atoms with van der Waals surface area (Å²) in [6, 6.07) is 8.41. The number of halogens is 2. The molecule has 3 rings (SSSR count). The van der Waals surface area contributed by atoms with Crippen LogP contribution in [0.1, 0.15) is 35.3 Å². The van der Waals surface area contributed by atoms with Crippen molar-refractivity contribution < 1.29 is 18.7 Å². The van der Waals surface area contributed by atoms with E-state index in [0.717, 1.165) is 12.1 Å². The van der Waals surface area contributed by atoms with Crippen LogP contribution in [-0.2, 0) is 13.0 Å². The molecule has 152 valence electrons. The van der Waals surface area contributed by atoms with Gasteiger partial charge in [0.15, 0.2) is 11.5 Å². The van der Waals surface area contributed by atoms with Gasteiger partial charge in [-0.25, -0.2) is 4.39 Å². The molecule has 28 heavy (non-hydrogen) atoms. The fourth-order valence-corrected chi connectivity index (χ4v) is 3.01. The van der Waals surface area contributed by atoms with E-state index in [2.05, 4.69) is 24.5 Å². The quantitative estimate of drug-likeness (QED) is 0.752. The van der Waals surface area contributed by atoms with Crippen molar-refractivity contribution in [2.45, 2.75) is 26.8 Å². The number of anilines is 1. The Morgan fingerprint density at radius 3 is 2.75 bits per heavy atom. The lowest BCUT2D eigenvalue weighted by Gasteiger charge is -2.19. The largest absolute Gasteiger partial charge is 0.493 e. The van der Waals surface area contributed by atoms with Crippen LogP contribution in [0.4, 0.5) is 10.1 Å². The Balaban J connectivity index is 0.00000280. The van der Waals surface area contributed by atoms with Crippen LogP contribution in [0.15, 0.2) is 30.3 Å². The van der Waals surface area contributed by atoms with E-state index in [4.69, 9.17) is 9.47 Å². The summed E-state index contributed by atoms with van der Waals surface area (Å²) >= 11 is 0. The first-order valence-corrected chi connectivity index (χ1v) is 9.12. The SMILES string of the molecule is COc1cc(C(=O)Nc2ccc3c(c2F)CCNC3)ccc1OCC(C)C.Cl. The van der Waals surface area contributed by atoms with Crippen molar-refractivity contribution in [2.24, 2.45) is 5.92 Å². The zero-order valence-electron chi connectivity index (χ0n) is 16.3. The highest BCUT2D eigenvalue weighted by Crippen LogP contribution is 2.30. The number of methoxy groups -OCH3 is 1. The maximum Gasteiger partial charge on any atom is 0.255 e. The number of carbonyl (C=O) groups excluding carboxylic acids is 1. The first kappa shape index (κ1) is 22.0. The summed E-state index contributed by atoms with van der Waals surface area (Å²) < 4.78 is 25.8. The van der Waals surface area contributed by atoms with Gasteiger partial charge in [0.1, 0.15) is 5.82 Å². The van der Waals surface area contributed by atoms with Gasteiger partial charge in [-0.2, -0.15) is 0 Å². The van der Waals surface area contributed by atoms with E-state index in [9.17, 15) is 9.18 Å². The van der Waals surface area contributed by atoms with Gasteiger partial charge < -0.3 is 20.1 Å². The molecule has 2 aromatic carbocycles. The average molecular weight is 409 g/mol. The minimum atomic E-state index is -0.392.